The monoisotopic (exact) mass is 273 g/mol. The van der Waals surface area contributed by atoms with Gasteiger partial charge in [0.15, 0.2) is 0 Å². The van der Waals surface area contributed by atoms with Crippen LogP contribution in [-0.2, 0) is 4.79 Å². The number of benzene rings is 1. The highest BCUT2D eigenvalue weighted by atomic mass is 16.1. The molecule has 20 heavy (non-hydrogen) atoms. The summed E-state index contributed by atoms with van der Waals surface area (Å²) in [6, 6.07) is 9.78. The van der Waals surface area contributed by atoms with E-state index in [2.05, 4.69) is 21.8 Å². The Kier molecular flexibility index (Phi) is 4.61. The molecule has 1 heterocycles. The second-order valence-electron chi connectivity index (χ2n) is 5.13. The Balaban J connectivity index is 2.18. The average molecular weight is 273 g/mol. The molecule has 0 spiro atoms. The number of primary amides is 1. The van der Waals surface area contributed by atoms with Crippen LogP contribution in [0.15, 0.2) is 35.4 Å². The molecule has 0 unspecified atom stereocenters. The number of carbonyl (C=O) groups is 1. The lowest BCUT2D eigenvalue weighted by molar-refractivity contribution is -0.124. The van der Waals surface area contributed by atoms with Crippen molar-refractivity contribution in [3.8, 4) is 0 Å². The van der Waals surface area contributed by atoms with E-state index in [1.807, 2.05) is 30.3 Å². The van der Waals surface area contributed by atoms with Crippen molar-refractivity contribution in [1.29, 1.82) is 0 Å². The highest BCUT2D eigenvalue weighted by molar-refractivity contribution is 5.80. The third-order valence-electron chi connectivity index (χ3n) is 4.01. The topological polar surface area (TPSA) is 95.1 Å². The third kappa shape index (κ3) is 2.92. The van der Waals surface area contributed by atoms with Crippen LogP contribution in [0.3, 0.4) is 0 Å². The van der Waals surface area contributed by atoms with Crippen LogP contribution in [-0.4, -0.2) is 29.9 Å². The maximum atomic E-state index is 11.8. The molecule has 0 bridgehead atoms. The van der Waals surface area contributed by atoms with Gasteiger partial charge in [0.2, 0.25) is 5.91 Å². The van der Waals surface area contributed by atoms with Crippen molar-refractivity contribution in [3.05, 3.63) is 46.3 Å². The van der Waals surface area contributed by atoms with Crippen LogP contribution >= 0.6 is 0 Å². The quantitative estimate of drug-likeness (QED) is 0.506. The minimum atomic E-state index is -0.365. The number of rotatable bonds is 5. The number of likely N-dealkylation sites (tertiary alicyclic amines) is 1. The fourth-order valence-electron chi connectivity index (χ4n) is 2.97. The number of azide groups is 1. The fourth-order valence-corrected chi connectivity index (χ4v) is 2.97. The van der Waals surface area contributed by atoms with E-state index in [0.717, 1.165) is 18.5 Å². The molecule has 1 aromatic rings. The molecule has 1 fully saturated rings. The summed E-state index contributed by atoms with van der Waals surface area (Å²) in [6.45, 7) is 3.18. The molecule has 6 heteroatoms. The van der Waals surface area contributed by atoms with Gasteiger partial charge >= 0.3 is 0 Å². The maximum Gasteiger partial charge on any atom is 0.235 e. The highest BCUT2D eigenvalue weighted by Crippen LogP contribution is 2.32. The molecule has 3 atom stereocenters. The first-order chi connectivity index (χ1) is 9.65. The van der Waals surface area contributed by atoms with Gasteiger partial charge in [0.25, 0.3) is 0 Å². The van der Waals surface area contributed by atoms with Gasteiger partial charge in [0.05, 0.1) is 6.04 Å². The van der Waals surface area contributed by atoms with Crippen molar-refractivity contribution >= 4 is 5.91 Å². The van der Waals surface area contributed by atoms with Gasteiger partial charge in [-0.1, -0.05) is 35.4 Å². The molecule has 1 aliphatic rings. The number of amides is 1. The summed E-state index contributed by atoms with van der Waals surface area (Å²) in [7, 11) is 0. The number of carbonyl (C=O) groups excluding carboxylic acids is 1. The van der Waals surface area contributed by atoms with Crippen molar-refractivity contribution in [3.63, 3.8) is 0 Å². The van der Waals surface area contributed by atoms with Crippen molar-refractivity contribution in [2.24, 2.45) is 16.8 Å². The molecular formula is C14H19N5O. The fraction of sp³-hybridized carbons (Fsp3) is 0.500. The first kappa shape index (κ1) is 14.4. The van der Waals surface area contributed by atoms with E-state index in [-0.39, 0.29) is 23.9 Å². The van der Waals surface area contributed by atoms with Gasteiger partial charge < -0.3 is 5.73 Å². The van der Waals surface area contributed by atoms with Crippen molar-refractivity contribution in [1.82, 2.24) is 4.90 Å². The van der Waals surface area contributed by atoms with E-state index >= 15 is 0 Å². The first-order valence-corrected chi connectivity index (χ1v) is 6.76. The number of nitrogens with two attached hydrogens (primary N) is 1. The van der Waals surface area contributed by atoms with Crippen LogP contribution in [0, 0.1) is 5.92 Å². The first-order valence-electron chi connectivity index (χ1n) is 6.76. The Morgan fingerprint density at radius 2 is 2.25 bits per heavy atom. The number of hydrogen-bond donors (Lipinski definition) is 1. The Labute approximate surface area is 118 Å². The van der Waals surface area contributed by atoms with Crippen LogP contribution < -0.4 is 5.73 Å². The zero-order valence-electron chi connectivity index (χ0n) is 11.5. The molecule has 0 radical (unpaired) electrons. The minimum absolute atomic E-state index is 0.00885. The van der Waals surface area contributed by atoms with Crippen LogP contribution in [0.5, 0.6) is 0 Å². The highest BCUT2D eigenvalue weighted by Gasteiger charge is 2.40. The van der Waals surface area contributed by atoms with Crippen molar-refractivity contribution < 1.29 is 4.79 Å². The molecule has 0 aromatic heterocycles. The average Bonchev–Trinajstić information content (AvgIpc) is 2.89. The van der Waals surface area contributed by atoms with Gasteiger partial charge in [0.1, 0.15) is 0 Å². The third-order valence-corrected chi connectivity index (χ3v) is 4.01. The van der Waals surface area contributed by atoms with Gasteiger partial charge in [-0.05, 0) is 36.9 Å². The predicted octanol–water partition coefficient (Wildman–Crippen LogP) is 2.23. The molecular weight excluding hydrogens is 254 g/mol. The molecule has 1 amide bonds. The van der Waals surface area contributed by atoms with E-state index in [1.165, 1.54) is 0 Å². The van der Waals surface area contributed by atoms with E-state index in [4.69, 9.17) is 11.3 Å². The Morgan fingerprint density at radius 3 is 2.85 bits per heavy atom. The van der Waals surface area contributed by atoms with Crippen molar-refractivity contribution in [2.45, 2.75) is 25.4 Å². The van der Waals surface area contributed by atoms with Crippen LogP contribution in [0.2, 0.25) is 0 Å². The lowest BCUT2D eigenvalue weighted by Gasteiger charge is -2.31. The molecule has 1 aliphatic heterocycles. The second kappa shape index (κ2) is 6.41. The van der Waals surface area contributed by atoms with Gasteiger partial charge in [0, 0.05) is 17.5 Å². The largest absolute Gasteiger partial charge is 0.368 e. The zero-order valence-corrected chi connectivity index (χ0v) is 11.5. The molecule has 0 aliphatic carbocycles. The lowest BCUT2D eigenvalue weighted by atomic mass is 9.98. The molecule has 1 aromatic carbocycles. The van der Waals surface area contributed by atoms with E-state index < -0.39 is 0 Å². The Bertz CT molecular complexity index is 512. The molecule has 106 valence electrons. The van der Waals surface area contributed by atoms with Crippen LogP contribution in [0.1, 0.15) is 24.9 Å². The van der Waals surface area contributed by atoms with Crippen LogP contribution in [0.4, 0.5) is 0 Å². The standard InChI is InChI=1S/C14H19N5O/c1-10(11-5-3-2-4-6-11)19-8-7-12(9-17-18-16)13(19)14(15)20/h2-6,10,12-13H,7-9H2,1H3,(H2,15,20)/t10-,12-,13-/m0/s1. The number of nitrogens with zero attached hydrogens (tertiary/aromatic N) is 4. The van der Waals surface area contributed by atoms with Crippen LogP contribution in [0.25, 0.3) is 10.4 Å². The Morgan fingerprint density at radius 1 is 1.55 bits per heavy atom. The smallest absolute Gasteiger partial charge is 0.235 e. The van der Waals surface area contributed by atoms with Crippen molar-refractivity contribution in [2.75, 3.05) is 13.1 Å². The lowest BCUT2D eigenvalue weighted by Crippen LogP contribution is -2.45. The second-order valence-corrected chi connectivity index (χ2v) is 5.13. The van der Waals surface area contributed by atoms with Gasteiger partial charge in [-0.3, -0.25) is 9.69 Å². The molecule has 6 nitrogen and oxygen atoms in total. The maximum absolute atomic E-state index is 11.8. The molecule has 0 saturated carbocycles. The van der Waals surface area contributed by atoms with E-state index in [1.54, 1.807) is 0 Å². The van der Waals surface area contributed by atoms with Gasteiger partial charge in [-0.15, -0.1) is 0 Å². The normalized spacial score (nSPS) is 24.1. The Hall–Kier alpha value is -2.04. The summed E-state index contributed by atoms with van der Waals surface area (Å²) in [6.07, 6.45) is 0.823. The van der Waals surface area contributed by atoms with E-state index in [0.29, 0.717) is 6.54 Å². The molecule has 2 rings (SSSR count). The summed E-state index contributed by atoms with van der Waals surface area (Å²) >= 11 is 0. The zero-order chi connectivity index (χ0) is 14.5. The predicted molar refractivity (Wildman–Crippen MR) is 76.7 cm³/mol. The summed E-state index contributed by atoms with van der Waals surface area (Å²) < 4.78 is 0. The van der Waals surface area contributed by atoms with Gasteiger partial charge in [-0.25, -0.2) is 0 Å². The minimum Gasteiger partial charge on any atom is -0.368 e. The summed E-state index contributed by atoms with van der Waals surface area (Å²) in [5, 5.41) is 3.60. The van der Waals surface area contributed by atoms with E-state index in [9.17, 15) is 4.79 Å². The summed E-state index contributed by atoms with van der Waals surface area (Å²) in [5.41, 5.74) is 15.1. The summed E-state index contributed by atoms with van der Waals surface area (Å²) in [5.74, 6) is -0.335. The van der Waals surface area contributed by atoms with Gasteiger partial charge in [-0.2, -0.15) is 0 Å². The molecule has 1 saturated heterocycles. The number of hydrogen-bond acceptors (Lipinski definition) is 3. The molecule has 2 N–H and O–H groups in total. The summed E-state index contributed by atoms with van der Waals surface area (Å²) in [4.78, 5) is 16.6. The SMILES string of the molecule is C[C@@H](c1ccccc1)N1CC[C@@H](CN=[N+]=[N-])[C@H]1C(N)=O.